The van der Waals surface area contributed by atoms with Crippen LogP contribution in [0.1, 0.15) is 45.7 Å². The molecule has 17 heavy (non-hydrogen) atoms. The van der Waals surface area contributed by atoms with E-state index >= 15 is 0 Å². The molecule has 1 aromatic rings. The van der Waals surface area contributed by atoms with Crippen molar-refractivity contribution >= 4 is 5.90 Å². The van der Waals surface area contributed by atoms with E-state index in [1.165, 1.54) is 5.56 Å². The molecule has 92 valence electrons. The summed E-state index contributed by atoms with van der Waals surface area (Å²) in [4.78, 5) is 4.77. The second-order valence-electron chi connectivity index (χ2n) is 5.77. The molecule has 1 aliphatic rings. The van der Waals surface area contributed by atoms with Gasteiger partial charge in [-0.05, 0) is 12.5 Å². The molecule has 2 nitrogen and oxygen atoms in total. The fraction of sp³-hybridized carbons (Fsp3) is 0.533. The van der Waals surface area contributed by atoms with Gasteiger partial charge in [-0.25, -0.2) is 4.99 Å². The SMILES string of the molecule is C[C@@H]1C[C@H](c2ccccc2)N=C(C(C)(C)C)O1. The maximum Gasteiger partial charge on any atom is 0.189 e. The Morgan fingerprint density at radius 1 is 1.18 bits per heavy atom. The summed E-state index contributed by atoms with van der Waals surface area (Å²) in [6.07, 6.45) is 1.20. The van der Waals surface area contributed by atoms with Crippen LogP contribution in [-0.4, -0.2) is 12.0 Å². The first-order chi connectivity index (χ1) is 7.97. The van der Waals surface area contributed by atoms with Gasteiger partial charge in [0.05, 0.1) is 12.1 Å². The molecule has 0 amide bonds. The summed E-state index contributed by atoms with van der Waals surface area (Å²) in [6, 6.07) is 10.7. The van der Waals surface area contributed by atoms with Gasteiger partial charge in [0.25, 0.3) is 0 Å². The smallest absolute Gasteiger partial charge is 0.189 e. The second-order valence-corrected chi connectivity index (χ2v) is 5.77. The van der Waals surface area contributed by atoms with E-state index in [0.29, 0.717) is 0 Å². The highest BCUT2D eigenvalue weighted by atomic mass is 16.5. The van der Waals surface area contributed by atoms with Gasteiger partial charge in [0, 0.05) is 11.8 Å². The van der Waals surface area contributed by atoms with Gasteiger partial charge in [-0.15, -0.1) is 0 Å². The molecule has 0 bridgehead atoms. The van der Waals surface area contributed by atoms with Crippen molar-refractivity contribution in [2.24, 2.45) is 10.4 Å². The van der Waals surface area contributed by atoms with Gasteiger partial charge in [0.2, 0.25) is 0 Å². The van der Waals surface area contributed by atoms with E-state index in [4.69, 9.17) is 9.73 Å². The van der Waals surface area contributed by atoms with Gasteiger partial charge in [-0.3, -0.25) is 0 Å². The Morgan fingerprint density at radius 2 is 1.82 bits per heavy atom. The van der Waals surface area contributed by atoms with E-state index in [1.54, 1.807) is 0 Å². The first-order valence-electron chi connectivity index (χ1n) is 6.26. The number of aliphatic imine (C=N–C) groups is 1. The summed E-state index contributed by atoms with van der Waals surface area (Å²) in [5.74, 6) is 0.880. The van der Waals surface area contributed by atoms with Gasteiger partial charge in [0.1, 0.15) is 0 Å². The van der Waals surface area contributed by atoms with Crippen LogP contribution in [0.5, 0.6) is 0 Å². The van der Waals surface area contributed by atoms with Crippen molar-refractivity contribution in [1.29, 1.82) is 0 Å². The molecule has 0 fully saturated rings. The molecular formula is C15H21NO. The minimum Gasteiger partial charge on any atom is -0.477 e. The first kappa shape index (κ1) is 12.2. The van der Waals surface area contributed by atoms with Crippen LogP contribution in [-0.2, 0) is 4.74 Å². The van der Waals surface area contributed by atoms with Crippen LogP contribution < -0.4 is 0 Å². The number of nitrogens with zero attached hydrogens (tertiary/aromatic N) is 1. The van der Waals surface area contributed by atoms with Gasteiger partial charge < -0.3 is 4.74 Å². The summed E-state index contributed by atoms with van der Waals surface area (Å²) < 4.78 is 5.85. The lowest BCUT2D eigenvalue weighted by Gasteiger charge is -2.32. The minimum atomic E-state index is -0.0122. The third-order valence-electron chi connectivity index (χ3n) is 2.97. The lowest BCUT2D eigenvalue weighted by Crippen LogP contribution is -2.32. The average Bonchev–Trinajstić information content (AvgIpc) is 2.28. The van der Waals surface area contributed by atoms with Crippen molar-refractivity contribution in [1.82, 2.24) is 0 Å². The number of hydrogen-bond donors (Lipinski definition) is 0. The molecule has 0 N–H and O–H groups in total. The molecule has 0 unspecified atom stereocenters. The Balaban J connectivity index is 2.30. The van der Waals surface area contributed by atoms with Gasteiger partial charge in [-0.1, -0.05) is 51.1 Å². The Hall–Kier alpha value is -1.31. The predicted molar refractivity (Wildman–Crippen MR) is 71.2 cm³/mol. The largest absolute Gasteiger partial charge is 0.477 e. The van der Waals surface area contributed by atoms with E-state index in [-0.39, 0.29) is 17.6 Å². The van der Waals surface area contributed by atoms with Crippen LogP contribution in [0, 0.1) is 5.41 Å². The second kappa shape index (κ2) is 4.52. The van der Waals surface area contributed by atoms with E-state index < -0.39 is 0 Å². The molecule has 0 radical (unpaired) electrons. The summed E-state index contributed by atoms with van der Waals surface area (Å²) in [5, 5.41) is 0. The molecule has 0 spiro atoms. The minimum absolute atomic E-state index is 0.0122. The quantitative estimate of drug-likeness (QED) is 0.716. The molecule has 0 saturated carbocycles. The Morgan fingerprint density at radius 3 is 2.41 bits per heavy atom. The van der Waals surface area contributed by atoms with E-state index in [9.17, 15) is 0 Å². The predicted octanol–water partition coefficient (Wildman–Crippen LogP) is 3.98. The number of hydrogen-bond acceptors (Lipinski definition) is 2. The van der Waals surface area contributed by atoms with Crippen LogP contribution in [0.25, 0.3) is 0 Å². The molecule has 2 rings (SSSR count). The molecule has 2 heteroatoms. The highest BCUT2D eigenvalue weighted by Gasteiger charge is 2.29. The normalized spacial score (nSPS) is 25.1. The molecule has 1 heterocycles. The summed E-state index contributed by atoms with van der Waals surface area (Å²) in [6.45, 7) is 8.56. The lowest BCUT2D eigenvalue weighted by molar-refractivity contribution is 0.143. The lowest BCUT2D eigenvalue weighted by atomic mass is 9.93. The molecule has 0 aromatic heterocycles. The van der Waals surface area contributed by atoms with Gasteiger partial charge >= 0.3 is 0 Å². The fourth-order valence-corrected chi connectivity index (χ4v) is 2.03. The van der Waals surface area contributed by atoms with Crippen LogP contribution >= 0.6 is 0 Å². The van der Waals surface area contributed by atoms with Crippen LogP contribution in [0.3, 0.4) is 0 Å². The maximum atomic E-state index is 5.85. The zero-order valence-electron chi connectivity index (χ0n) is 11.1. The Kier molecular flexibility index (Phi) is 3.23. The molecule has 0 aliphatic carbocycles. The molecule has 0 saturated heterocycles. The molecule has 2 atom stereocenters. The van der Waals surface area contributed by atoms with Crippen LogP contribution in [0.4, 0.5) is 0 Å². The van der Waals surface area contributed by atoms with Gasteiger partial charge in [-0.2, -0.15) is 0 Å². The fourth-order valence-electron chi connectivity index (χ4n) is 2.03. The third kappa shape index (κ3) is 2.87. The average molecular weight is 231 g/mol. The van der Waals surface area contributed by atoms with Crippen molar-refractivity contribution in [2.75, 3.05) is 0 Å². The zero-order chi connectivity index (χ0) is 12.5. The summed E-state index contributed by atoms with van der Waals surface area (Å²) >= 11 is 0. The van der Waals surface area contributed by atoms with E-state index in [2.05, 4.69) is 52.0 Å². The van der Waals surface area contributed by atoms with Crippen molar-refractivity contribution in [3.05, 3.63) is 35.9 Å². The van der Waals surface area contributed by atoms with Gasteiger partial charge in [0.15, 0.2) is 5.90 Å². The molecular weight excluding hydrogens is 210 g/mol. The van der Waals surface area contributed by atoms with E-state index in [1.807, 2.05) is 6.07 Å². The van der Waals surface area contributed by atoms with Crippen molar-refractivity contribution in [2.45, 2.75) is 46.3 Å². The third-order valence-corrected chi connectivity index (χ3v) is 2.97. The van der Waals surface area contributed by atoms with Crippen LogP contribution in [0.15, 0.2) is 35.3 Å². The van der Waals surface area contributed by atoms with E-state index in [0.717, 1.165) is 12.3 Å². The highest BCUT2D eigenvalue weighted by molar-refractivity contribution is 5.82. The first-order valence-corrected chi connectivity index (χ1v) is 6.26. The zero-order valence-corrected chi connectivity index (χ0v) is 11.1. The molecule has 1 aromatic carbocycles. The summed E-state index contributed by atoms with van der Waals surface area (Å²) in [5.41, 5.74) is 1.27. The Labute approximate surface area is 104 Å². The van der Waals surface area contributed by atoms with Crippen LogP contribution in [0.2, 0.25) is 0 Å². The van der Waals surface area contributed by atoms with Crippen molar-refractivity contribution in [3.8, 4) is 0 Å². The van der Waals surface area contributed by atoms with Crippen molar-refractivity contribution in [3.63, 3.8) is 0 Å². The number of ether oxygens (including phenoxy) is 1. The summed E-state index contributed by atoms with van der Waals surface area (Å²) in [7, 11) is 0. The number of rotatable bonds is 1. The Bertz CT molecular complexity index is 403. The molecule has 1 aliphatic heterocycles. The van der Waals surface area contributed by atoms with Crippen molar-refractivity contribution < 1.29 is 4.74 Å². The topological polar surface area (TPSA) is 21.6 Å². The number of benzene rings is 1. The standard InChI is InChI=1S/C15H21NO/c1-11-10-13(12-8-6-5-7-9-12)16-14(17-11)15(2,3)4/h5-9,11,13H,10H2,1-4H3/t11-,13-/m1/s1. The highest BCUT2D eigenvalue weighted by Crippen LogP contribution is 2.32. The monoisotopic (exact) mass is 231 g/mol. The maximum absolute atomic E-state index is 5.85.